The van der Waals surface area contributed by atoms with Crippen LogP contribution in [0.25, 0.3) is 0 Å². The second-order valence-electron chi connectivity index (χ2n) is 5.69. The van der Waals surface area contributed by atoms with Crippen molar-refractivity contribution in [2.45, 2.75) is 33.3 Å². The Labute approximate surface area is 130 Å². The molecule has 1 aliphatic rings. The molecule has 3 unspecified atom stereocenters. The van der Waals surface area contributed by atoms with Gasteiger partial charge in [0.05, 0.1) is 13.0 Å². The monoisotopic (exact) mass is 308 g/mol. The highest BCUT2D eigenvalue weighted by Crippen LogP contribution is 2.59. The molecule has 1 fully saturated rings. The lowest BCUT2D eigenvalue weighted by Crippen LogP contribution is -2.20. The van der Waals surface area contributed by atoms with Gasteiger partial charge < -0.3 is 9.47 Å². The van der Waals surface area contributed by atoms with Crippen LogP contribution >= 0.6 is 0 Å². The first kappa shape index (κ1) is 18.0. The van der Waals surface area contributed by atoms with Crippen molar-refractivity contribution in [1.29, 1.82) is 0 Å². The third-order valence-electron chi connectivity index (χ3n) is 3.84. The lowest BCUT2D eigenvalue weighted by molar-refractivity contribution is -0.148. The Balaban J connectivity index is 2.74. The summed E-state index contributed by atoms with van der Waals surface area (Å²) in [7, 11) is 1.27. The van der Waals surface area contributed by atoms with E-state index >= 15 is 0 Å². The average molecular weight is 308 g/mol. The van der Waals surface area contributed by atoms with Gasteiger partial charge in [-0.05, 0) is 23.8 Å². The smallest absolute Gasteiger partial charge is 0.330 e. The fraction of sp³-hybridized carbons (Fsp3) is 0.529. The maximum atomic E-state index is 13.7. The van der Waals surface area contributed by atoms with E-state index in [9.17, 15) is 14.0 Å². The Morgan fingerprint density at radius 3 is 2.59 bits per heavy atom. The van der Waals surface area contributed by atoms with Crippen LogP contribution in [0.3, 0.4) is 0 Å². The number of rotatable bonds is 6. The van der Waals surface area contributed by atoms with Crippen LogP contribution in [-0.2, 0) is 19.1 Å². The number of esters is 2. The number of hydrogen-bond acceptors (Lipinski definition) is 4. The van der Waals surface area contributed by atoms with Crippen molar-refractivity contribution < 1.29 is 23.5 Å². The second kappa shape index (κ2) is 7.26. The fourth-order valence-electron chi connectivity index (χ4n) is 2.40. The quantitative estimate of drug-likeness (QED) is 0.430. The number of carbonyl (C=O) groups is 2. The number of hydrogen-bond donors (Lipinski definition) is 0. The Kier molecular flexibility index (Phi) is 5.92. The number of allylic oxidation sites excluding steroid dienone is 2. The minimum Gasteiger partial charge on any atom is -0.466 e. The van der Waals surface area contributed by atoms with Crippen molar-refractivity contribution in [1.82, 2.24) is 0 Å². The molecular weight excluding hydrogens is 287 g/mol. The maximum absolute atomic E-state index is 13.7. The second-order valence-corrected chi connectivity index (χ2v) is 5.69. The molecule has 5 heteroatoms. The van der Waals surface area contributed by atoms with Crippen molar-refractivity contribution in [3.63, 3.8) is 0 Å². The lowest BCUT2D eigenvalue weighted by Gasteiger charge is -2.11. The molecule has 4 nitrogen and oxygen atoms in total. The molecule has 0 saturated heterocycles. The molecule has 0 aliphatic heterocycles. The molecule has 22 heavy (non-hydrogen) atoms. The van der Waals surface area contributed by atoms with Gasteiger partial charge in [0.1, 0.15) is 5.83 Å². The molecule has 0 bridgehead atoms. The summed E-state index contributed by atoms with van der Waals surface area (Å²) in [6, 6.07) is 0. The summed E-state index contributed by atoms with van der Waals surface area (Å²) in [6.45, 7) is 5.50. The van der Waals surface area contributed by atoms with Gasteiger partial charge >= 0.3 is 11.9 Å². The van der Waals surface area contributed by atoms with E-state index in [-0.39, 0.29) is 11.3 Å². The van der Waals surface area contributed by atoms with Gasteiger partial charge in [-0.1, -0.05) is 32.8 Å². The summed E-state index contributed by atoms with van der Waals surface area (Å²) in [4.78, 5) is 23.3. The number of carbonyl (C=O) groups excluding carboxylic acids is 2. The van der Waals surface area contributed by atoms with Crippen molar-refractivity contribution >= 4 is 11.9 Å². The summed E-state index contributed by atoms with van der Waals surface area (Å²) in [5.41, 5.74) is -0.369. The van der Waals surface area contributed by atoms with Crippen LogP contribution in [0.2, 0.25) is 0 Å². The van der Waals surface area contributed by atoms with Gasteiger partial charge in [0.15, 0.2) is 0 Å². The fourth-order valence-corrected chi connectivity index (χ4v) is 2.40. The molecule has 3 atom stereocenters. The zero-order valence-electron chi connectivity index (χ0n) is 13.3. The molecule has 1 rings (SSSR count). The molecule has 0 amide bonds. The van der Waals surface area contributed by atoms with E-state index in [2.05, 4.69) is 10.7 Å². The topological polar surface area (TPSA) is 52.6 Å². The molecule has 1 saturated carbocycles. The van der Waals surface area contributed by atoms with Gasteiger partial charge in [-0.2, -0.15) is 0 Å². The van der Waals surface area contributed by atoms with Crippen LogP contribution < -0.4 is 0 Å². The summed E-state index contributed by atoms with van der Waals surface area (Å²) < 4.78 is 23.2. The van der Waals surface area contributed by atoms with Gasteiger partial charge in [-0.15, -0.1) is 6.42 Å². The van der Waals surface area contributed by atoms with E-state index in [0.29, 0.717) is 6.42 Å². The average Bonchev–Trinajstić information content (AvgIpc) is 3.03. The third kappa shape index (κ3) is 3.97. The van der Waals surface area contributed by atoms with E-state index in [1.54, 1.807) is 13.0 Å². The van der Waals surface area contributed by atoms with Gasteiger partial charge in [0.25, 0.3) is 0 Å². The standard InChI is InChI=1S/C17H21FO4/c1-6-8-12(18)13(7-2)22-16(20)15-11(17(15,3)4)9-10-14(19)21-5/h2,8-11,13,15H,6H2,1,3-5H3. The lowest BCUT2D eigenvalue weighted by atomic mass is 10.1. The minimum absolute atomic E-state index is 0.171. The normalized spacial score (nSPS) is 24.5. The summed E-state index contributed by atoms with van der Waals surface area (Å²) in [6.07, 6.45) is 8.54. The van der Waals surface area contributed by atoms with Gasteiger partial charge in [0.2, 0.25) is 6.10 Å². The number of ether oxygens (including phenoxy) is 2. The highest BCUT2D eigenvalue weighted by atomic mass is 19.1. The van der Waals surface area contributed by atoms with E-state index in [0.717, 1.165) is 0 Å². The number of methoxy groups -OCH3 is 1. The molecule has 0 aromatic heterocycles. The summed E-state index contributed by atoms with van der Waals surface area (Å²) >= 11 is 0. The molecule has 0 spiro atoms. The van der Waals surface area contributed by atoms with Crippen LogP contribution in [0, 0.1) is 29.6 Å². The minimum atomic E-state index is -1.30. The van der Waals surface area contributed by atoms with Gasteiger partial charge in [-0.3, -0.25) is 4.79 Å². The van der Waals surface area contributed by atoms with Crippen molar-refractivity contribution in [2.24, 2.45) is 17.3 Å². The van der Waals surface area contributed by atoms with Crippen LogP contribution in [0.4, 0.5) is 4.39 Å². The van der Waals surface area contributed by atoms with E-state index in [4.69, 9.17) is 11.2 Å². The molecular formula is C17H21FO4. The van der Waals surface area contributed by atoms with Gasteiger partial charge in [0, 0.05) is 6.08 Å². The molecule has 0 aromatic carbocycles. The third-order valence-corrected chi connectivity index (χ3v) is 3.84. The van der Waals surface area contributed by atoms with E-state index < -0.39 is 29.8 Å². The zero-order chi connectivity index (χ0) is 16.9. The first-order chi connectivity index (χ1) is 10.3. The highest BCUT2D eigenvalue weighted by molar-refractivity contribution is 5.83. The predicted octanol–water partition coefficient (Wildman–Crippen LogP) is 2.80. The first-order valence-corrected chi connectivity index (χ1v) is 7.07. The van der Waals surface area contributed by atoms with Crippen molar-refractivity contribution in [2.75, 3.05) is 7.11 Å². The van der Waals surface area contributed by atoms with Crippen LogP contribution in [0.15, 0.2) is 24.1 Å². The van der Waals surface area contributed by atoms with Gasteiger partial charge in [-0.25, -0.2) is 9.18 Å². The Morgan fingerprint density at radius 2 is 2.09 bits per heavy atom. The summed E-state index contributed by atoms with van der Waals surface area (Å²) in [5.74, 6) is -0.202. The van der Waals surface area contributed by atoms with Crippen molar-refractivity contribution in [3.8, 4) is 12.3 Å². The highest BCUT2D eigenvalue weighted by Gasteiger charge is 2.61. The number of halogens is 1. The Hall–Kier alpha value is -2.09. The SMILES string of the molecule is C#CC(OC(=O)C1C(C=CC(=O)OC)C1(C)C)C(F)=CCC. The maximum Gasteiger partial charge on any atom is 0.330 e. The number of terminal acetylenes is 1. The van der Waals surface area contributed by atoms with E-state index in [1.165, 1.54) is 19.3 Å². The Morgan fingerprint density at radius 1 is 1.45 bits per heavy atom. The predicted molar refractivity (Wildman–Crippen MR) is 80.1 cm³/mol. The molecule has 0 aromatic rings. The van der Waals surface area contributed by atoms with Crippen LogP contribution in [0.1, 0.15) is 27.2 Å². The van der Waals surface area contributed by atoms with E-state index in [1.807, 2.05) is 13.8 Å². The van der Waals surface area contributed by atoms with Crippen molar-refractivity contribution in [3.05, 3.63) is 24.1 Å². The largest absolute Gasteiger partial charge is 0.466 e. The molecule has 0 heterocycles. The summed E-state index contributed by atoms with van der Waals surface area (Å²) in [5, 5.41) is 0. The van der Waals surface area contributed by atoms with Crippen LogP contribution in [0.5, 0.6) is 0 Å². The molecule has 120 valence electrons. The molecule has 0 N–H and O–H groups in total. The first-order valence-electron chi connectivity index (χ1n) is 7.07. The van der Waals surface area contributed by atoms with Crippen LogP contribution in [-0.4, -0.2) is 25.2 Å². The zero-order valence-corrected chi connectivity index (χ0v) is 13.3. The molecule has 0 radical (unpaired) electrons. The molecule has 1 aliphatic carbocycles. The Bertz CT molecular complexity index is 539.